The Labute approximate surface area is 133 Å². The van der Waals surface area contributed by atoms with Crippen molar-refractivity contribution in [2.24, 2.45) is 0 Å². The number of hydrogen-bond acceptors (Lipinski definition) is 2. The van der Waals surface area contributed by atoms with Gasteiger partial charge in [0.1, 0.15) is 0 Å². The molecule has 2 fully saturated rings. The molecule has 126 valence electrons. The number of nitrogens with zero attached hydrogens (tertiary/aromatic N) is 1. The molecule has 1 aromatic rings. The van der Waals surface area contributed by atoms with E-state index in [-0.39, 0.29) is 24.1 Å². The fourth-order valence-corrected chi connectivity index (χ4v) is 3.60. The Kier molecular flexibility index (Phi) is 4.62. The maximum absolute atomic E-state index is 13.1. The summed E-state index contributed by atoms with van der Waals surface area (Å²) in [6.07, 6.45) is 0.663. The van der Waals surface area contributed by atoms with Crippen LogP contribution in [-0.4, -0.2) is 29.4 Å². The molecule has 1 heterocycles. The molecular formula is C17H21F3N2O. The molecule has 1 aliphatic heterocycles. The van der Waals surface area contributed by atoms with Crippen LogP contribution in [0.1, 0.15) is 43.2 Å². The second-order valence-electron chi connectivity index (χ2n) is 6.48. The Hall–Kier alpha value is -1.56. The molecule has 1 aromatic carbocycles. The highest BCUT2D eigenvalue weighted by Gasteiger charge is 2.36. The smallest absolute Gasteiger partial charge is 0.337 e. The standard InChI is InChI=1S/C17H21F3N2O/c18-17(19,20)15-8-4-1-5-12(15)10-22-11-14(9-16(22)23)21-13-6-2-3-7-13/h1,4-5,8,13-14,21H,2-3,6-7,9-11H2/t14-/m1/s1. The number of carbonyl (C=O) groups is 1. The first-order valence-corrected chi connectivity index (χ1v) is 8.12. The van der Waals surface area contributed by atoms with Gasteiger partial charge in [-0.1, -0.05) is 31.0 Å². The topological polar surface area (TPSA) is 32.3 Å². The minimum absolute atomic E-state index is 0.0252. The van der Waals surface area contributed by atoms with Crippen molar-refractivity contribution in [3.8, 4) is 0 Å². The molecule has 23 heavy (non-hydrogen) atoms. The van der Waals surface area contributed by atoms with E-state index < -0.39 is 11.7 Å². The van der Waals surface area contributed by atoms with E-state index >= 15 is 0 Å². The molecule has 0 aromatic heterocycles. The molecule has 0 radical (unpaired) electrons. The summed E-state index contributed by atoms with van der Waals surface area (Å²) in [5.41, 5.74) is -0.491. The van der Waals surface area contributed by atoms with E-state index in [1.807, 2.05) is 0 Å². The average molecular weight is 326 g/mol. The van der Waals surface area contributed by atoms with Gasteiger partial charge < -0.3 is 10.2 Å². The number of nitrogens with one attached hydrogen (secondary N) is 1. The lowest BCUT2D eigenvalue weighted by Crippen LogP contribution is -2.38. The molecule has 6 heteroatoms. The maximum Gasteiger partial charge on any atom is 0.416 e. The van der Waals surface area contributed by atoms with Gasteiger partial charge in [-0.2, -0.15) is 13.2 Å². The summed E-state index contributed by atoms with van der Waals surface area (Å²) in [6, 6.07) is 6.00. The number of carbonyl (C=O) groups excluding carboxylic acids is 1. The maximum atomic E-state index is 13.1. The van der Waals surface area contributed by atoms with Gasteiger partial charge in [0.2, 0.25) is 5.91 Å². The molecule has 1 amide bonds. The van der Waals surface area contributed by atoms with Gasteiger partial charge in [0.25, 0.3) is 0 Å². The zero-order chi connectivity index (χ0) is 16.4. The first kappa shape index (κ1) is 16.3. The van der Waals surface area contributed by atoms with Crippen LogP contribution in [0.4, 0.5) is 13.2 Å². The second kappa shape index (κ2) is 6.51. The molecule has 1 saturated carbocycles. The number of amides is 1. The van der Waals surface area contributed by atoms with Crippen molar-refractivity contribution in [3.63, 3.8) is 0 Å². The predicted molar refractivity (Wildman–Crippen MR) is 80.7 cm³/mol. The average Bonchev–Trinajstić information content (AvgIpc) is 3.09. The summed E-state index contributed by atoms with van der Waals surface area (Å²) in [7, 11) is 0. The van der Waals surface area contributed by atoms with Gasteiger partial charge >= 0.3 is 6.18 Å². The Morgan fingerprint density at radius 2 is 1.83 bits per heavy atom. The number of hydrogen-bond donors (Lipinski definition) is 1. The van der Waals surface area contributed by atoms with Crippen LogP contribution in [0.25, 0.3) is 0 Å². The third-order valence-corrected chi connectivity index (χ3v) is 4.73. The molecule has 0 spiro atoms. The molecule has 2 aliphatic rings. The summed E-state index contributed by atoms with van der Waals surface area (Å²) in [5, 5.41) is 3.48. The Morgan fingerprint density at radius 1 is 1.13 bits per heavy atom. The number of benzene rings is 1. The van der Waals surface area contributed by atoms with Crippen LogP contribution in [-0.2, 0) is 17.5 Å². The van der Waals surface area contributed by atoms with Crippen molar-refractivity contribution >= 4 is 5.91 Å². The third kappa shape index (κ3) is 3.86. The third-order valence-electron chi connectivity index (χ3n) is 4.73. The molecular weight excluding hydrogens is 305 g/mol. The van der Waals surface area contributed by atoms with Crippen molar-refractivity contribution in [1.82, 2.24) is 10.2 Å². The van der Waals surface area contributed by atoms with Gasteiger partial charge in [0.15, 0.2) is 0 Å². The van der Waals surface area contributed by atoms with Gasteiger partial charge in [-0.25, -0.2) is 0 Å². The highest BCUT2D eigenvalue weighted by Crippen LogP contribution is 2.33. The van der Waals surface area contributed by atoms with E-state index in [9.17, 15) is 18.0 Å². The van der Waals surface area contributed by atoms with Crippen LogP contribution in [0, 0.1) is 0 Å². The van der Waals surface area contributed by atoms with Gasteiger partial charge in [-0.15, -0.1) is 0 Å². The molecule has 3 nitrogen and oxygen atoms in total. The van der Waals surface area contributed by atoms with Crippen molar-refractivity contribution in [2.45, 2.75) is 56.9 Å². The first-order valence-electron chi connectivity index (χ1n) is 8.12. The first-order chi connectivity index (χ1) is 10.9. The second-order valence-corrected chi connectivity index (χ2v) is 6.48. The SMILES string of the molecule is O=C1C[C@@H](NC2CCCC2)CN1Cc1ccccc1C(F)(F)F. The van der Waals surface area contributed by atoms with Crippen molar-refractivity contribution in [1.29, 1.82) is 0 Å². The van der Waals surface area contributed by atoms with Crippen LogP contribution in [0.2, 0.25) is 0 Å². The van der Waals surface area contributed by atoms with Crippen LogP contribution in [0.15, 0.2) is 24.3 Å². The molecule has 0 unspecified atom stereocenters. The number of halogens is 3. The zero-order valence-electron chi connectivity index (χ0n) is 12.9. The Balaban J connectivity index is 1.65. The number of alkyl halides is 3. The fourth-order valence-electron chi connectivity index (χ4n) is 3.60. The lowest BCUT2D eigenvalue weighted by Gasteiger charge is -2.21. The van der Waals surface area contributed by atoms with E-state index in [0.29, 0.717) is 19.0 Å². The predicted octanol–water partition coefficient (Wildman–Crippen LogP) is 3.34. The van der Waals surface area contributed by atoms with Crippen molar-refractivity contribution in [3.05, 3.63) is 35.4 Å². The summed E-state index contributed by atoms with van der Waals surface area (Å²) < 4.78 is 39.2. The van der Waals surface area contributed by atoms with Gasteiger partial charge in [-0.3, -0.25) is 4.79 Å². The van der Waals surface area contributed by atoms with Gasteiger partial charge in [0.05, 0.1) is 5.56 Å². The lowest BCUT2D eigenvalue weighted by molar-refractivity contribution is -0.139. The summed E-state index contributed by atoms with van der Waals surface area (Å²) in [5.74, 6) is -0.0718. The van der Waals surface area contributed by atoms with E-state index in [2.05, 4.69) is 5.32 Å². The molecule has 1 saturated heterocycles. The summed E-state index contributed by atoms with van der Waals surface area (Å²) >= 11 is 0. The largest absolute Gasteiger partial charge is 0.416 e. The minimum Gasteiger partial charge on any atom is -0.337 e. The molecule has 1 atom stereocenters. The van der Waals surface area contributed by atoms with Crippen molar-refractivity contribution in [2.75, 3.05) is 6.54 Å². The van der Waals surface area contributed by atoms with Crippen LogP contribution >= 0.6 is 0 Å². The van der Waals surface area contributed by atoms with Crippen LogP contribution < -0.4 is 5.32 Å². The van der Waals surface area contributed by atoms with E-state index in [1.165, 1.54) is 29.9 Å². The zero-order valence-corrected chi connectivity index (χ0v) is 12.9. The number of rotatable bonds is 4. The lowest BCUT2D eigenvalue weighted by atomic mass is 10.1. The monoisotopic (exact) mass is 326 g/mol. The Bertz CT molecular complexity index is 567. The van der Waals surface area contributed by atoms with E-state index in [0.717, 1.165) is 18.9 Å². The summed E-state index contributed by atoms with van der Waals surface area (Å²) in [6.45, 7) is 0.513. The van der Waals surface area contributed by atoms with Gasteiger partial charge in [0, 0.05) is 31.6 Å². The van der Waals surface area contributed by atoms with Crippen LogP contribution in [0.3, 0.4) is 0 Å². The summed E-state index contributed by atoms with van der Waals surface area (Å²) in [4.78, 5) is 13.7. The highest BCUT2D eigenvalue weighted by molar-refractivity contribution is 5.79. The normalized spacial score (nSPS) is 23.0. The van der Waals surface area contributed by atoms with E-state index in [1.54, 1.807) is 6.07 Å². The fraction of sp³-hybridized carbons (Fsp3) is 0.588. The molecule has 1 N–H and O–H groups in total. The van der Waals surface area contributed by atoms with Crippen molar-refractivity contribution < 1.29 is 18.0 Å². The van der Waals surface area contributed by atoms with Crippen LogP contribution in [0.5, 0.6) is 0 Å². The molecule has 3 rings (SSSR count). The van der Waals surface area contributed by atoms with E-state index in [4.69, 9.17) is 0 Å². The highest BCUT2D eigenvalue weighted by atomic mass is 19.4. The minimum atomic E-state index is -4.39. The Morgan fingerprint density at radius 3 is 2.52 bits per heavy atom. The van der Waals surface area contributed by atoms with Gasteiger partial charge in [-0.05, 0) is 24.5 Å². The number of likely N-dealkylation sites (tertiary alicyclic amines) is 1. The molecule has 1 aliphatic carbocycles. The quantitative estimate of drug-likeness (QED) is 0.920. The molecule has 0 bridgehead atoms.